The molecular weight excluding hydrogens is 332 g/mol. The van der Waals surface area contributed by atoms with E-state index in [1.54, 1.807) is 0 Å². The van der Waals surface area contributed by atoms with Crippen molar-refractivity contribution in [3.63, 3.8) is 0 Å². The molecule has 0 bridgehead atoms. The van der Waals surface area contributed by atoms with Crippen molar-refractivity contribution in [1.29, 1.82) is 0 Å². The van der Waals surface area contributed by atoms with Crippen molar-refractivity contribution in [3.8, 4) is 0 Å². The van der Waals surface area contributed by atoms with Gasteiger partial charge in [-0.05, 0) is 41.7 Å². The Bertz CT molecular complexity index is 924. The van der Waals surface area contributed by atoms with Crippen molar-refractivity contribution < 1.29 is 4.79 Å². The van der Waals surface area contributed by atoms with Crippen LogP contribution in [0.2, 0.25) is 0 Å². The van der Waals surface area contributed by atoms with Gasteiger partial charge in [0.1, 0.15) is 5.66 Å². The van der Waals surface area contributed by atoms with Gasteiger partial charge < -0.3 is 10.2 Å². The highest BCUT2D eigenvalue weighted by atomic mass is 16.2. The fraction of sp³-hybridized carbons (Fsp3) is 0.375. The molecule has 3 heteroatoms. The third-order valence-electron chi connectivity index (χ3n) is 6.25. The molecule has 1 N–H and O–H groups in total. The molecule has 2 aromatic carbocycles. The van der Waals surface area contributed by atoms with Crippen LogP contribution in [0.3, 0.4) is 0 Å². The predicted molar refractivity (Wildman–Crippen MR) is 112 cm³/mol. The Morgan fingerprint density at radius 1 is 1.11 bits per heavy atom. The van der Waals surface area contributed by atoms with Crippen molar-refractivity contribution in [1.82, 2.24) is 5.32 Å². The number of hydrogen-bond acceptors (Lipinski definition) is 2. The van der Waals surface area contributed by atoms with E-state index in [-0.39, 0.29) is 11.3 Å². The van der Waals surface area contributed by atoms with Gasteiger partial charge in [0.25, 0.3) is 0 Å². The fourth-order valence-corrected chi connectivity index (χ4v) is 4.50. The zero-order chi connectivity index (χ0) is 19.4. The first kappa shape index (κ1) is 17.8. The molecule has 4 rings (SSSR count). The monoisotopic (exact) mass is 360 g/mol. The van der Waals surface area contributed by atoms with E-state index in [0.717, 1.165) is 11.3 Å². The van der Waals surface area contributed by atoms with Crippen LogP contribution in [0.5, 0.6) is 0 Å². The van der Waals surface area contributed by atoms with E-state index >= 15 is 0 Å². The quantitative estimate of drug-likeness (QED) is 0.856. The number of aryl methyl sites for hydroxylation is 1. The highest BCUT2D eigenvalue weighted by Gasteiger charge is 2.59. The van der Waals surface area contributed by atoms with Crippen molar-refractivity contribution in [3.05, 3.63) is 70.8 Å². The Kier molecular flexibility index (Phi) is 3.95. The van der Waals surface area contributed by atoms with Crippen LogP contribution >= 0.6 is 0 Å². The number of amides is 1. The highest BCUT2D eigenvalue weighted by Crippen LogP contribution is 2.53. The SMILES string of the molecule is Cc1ccc2c(c1)C(C)(C)[C@]1(C=Cc3ccc(C(C)C)cc3)NC(=O)CN21. The van der Waals surface area contributed by atoms with E-state index in [9.17, 15) is 4.79 Å². The standard InChI is InChI=1S/C24H28N2O/c1-16(2)19-9-7-18(8-10-19)12-13-24-23(4,5)20-14-17(3)6-11-21(20)26(24)15-22(27)25-24/h6-14,16H,15H2,1-5H3,(H,25,27)/t24-/m1/s1. The number of nitrogens with zero attached hydrogens (tertiary/aromatic N) is 1. The summed E-state index contributed by atoms with van der Waals surface area (Å²) in [5.41, 5.74) is 5.43. The molecule has 0 aliphatic carbocycles. The molecule has 0 spiro atoms. The van der Waals surface area contributed by atoms with Gasteiger partial charge in [-0.25, -0.2) is 0 Å². The summed E-state index contributed by atoms with van der Waals surface area (Å²) in [5, 5.41) is 3.29. The van der Waals surface area contributed by atoms with Gasteiger partial charge in [-0.2, -0.15) is 0 Å². The van der Waals surface area contributed by atoms with E-state index in [1.807, 2.05) is 0 Å². The Morgan fingerprint density at radius 3 is 2.48 bits per heavy atom. The van der Waals surface area contributed by atoms with Crippen molar-refractivity contribution in [2.45, 2.75) is 51.6 Å². The maximum atomic E-state index is 12.4. The van der Waals surface area contributed by atoms with Gasteiger partial charge in [0.05, 0.1) is 6.54 Å². The van der Waals surface area contributed by atoms with Crippen LogP contribution < -0.4 is 10.2 Å². The fourth-order valence-electron chi connectivity index (χ4n) is 4.50. The van der Waals surface area contributed by atoms with Gasteiger partial charge in [0.15, 0.2) is 0 Å². The minimum absolute atomic E-state index is 0.0779. The Hall–Kier alpha value is -2.55. The van der Waals surface area contributed by atoms with Crippen LogP contribution in [-0.2, 0) is 10.2 Å². The topological polar surface area (TPSA) is 32.3 Å². The number of hydrogen-bond donors (Lipinski definition) is 1. The molecule has 0 aromatic heterocycles. The second kappa shape index (κ2) is 5.98. The van der Waals surface area contributed by atoms with Crippen LogP contribution in [0.15, 0.2) is 48.5 Å². The molecule has 2 aliphatic rings. The van der Waals surface area contributed by atoms with Gasteiger partial charge in [-0.3, -0.25) is 4.79 Å². The smallest absolute Gasteiger partial charge is 0.241 e. The molecule has 1 amide bonds. The third kappa shape index (κ3) is 2.60. The number of carbonyl (C=O) groups excluding carboxylic acids is 1. The molecule has 3 nitrogen and oxygen atoms in total. The van der Waals surface area contributed by atoms with Gasteiger partial charge in [-0.15, -0.1) is 0 Å². The van der Waals surface area contributed by atoms with E-state index in [2.05, 4.69) is 99.5 Å². The number of benzene rings is 2. The van der Waals surface area contributed by atoms with Gasteiger partial charge in [0.2, 0.25) is 5.91 Å². The van der Waals surface area contributed by atoms with Gasteiger partial charge in [0, 0.05) is 11.1 Å². The Morgan fingerprint density at radius 2 is 1.81 bits per heavy atom. The summed E-state index contributed by atoms with van der Waals surface area (Å²) < 4.78 is 0. The minimum Gasteiger partial charge on any atom is -0.335 e. The molecule has 0 unspecified atom stereocenters. The van der Waals surface area contributed by atoms with Crippen molar-refractivity contribution in [2.24, 2.45) is 0 Å². The summed E-state index contributed by atoms with van der Waals surface area (Å²) in [6.07, 6.45) is 4.32. The second-order valence-corrected chi connectivity index (χ2v) is 8.70. The number of carbonyl (C=O) groups is 1. The Labute approximate surface area is 162 Å². The molecule has 1 atom stereocenters. The number of anilines is 1. The van der Waals surface area contributed by atoms with Crippen LogP contribution in [-0.4, -0.2) is 18.1 Å². The summed E-state index contributed by atoms with van der Waals surface area (Å²) in [6.45, 7) is 11.4. The predicted octanol–water partition coefficient (Wildman–Crippen LogP) is 4.76. The zero-order valence-corrected chi connectivity index (χ0v) is 16.8. The lowest BCUT2D eigenvalue weighted by Crippen LogP contribution is -2.58. The molecule has 2 aliphatic heterocycles. The highest BCUT2D eigenvalue weighted by molar-refractivity contribution is 5.91. The van der Waals surface area contributed by atoms with Crippen molar-refractivity contribution >= 4 is 17.7 Å². The first-order chi connectivity index (χ1) is 12.7. The van der Waals surface area contributed by atoms with Gasteiger partial charge >= 0.3 is 0 Å². The number of nitrogens with one attached hydrogen (secondary N) is 1. The van der Waals surface area contributed by atoms with Crippen molar-refractivity contribution in [2.75, 3.05) is 11.4 Å². The maximum absolute atomic E-state index is 12.4. The first-order valence-corrected chi connectivity index (χ1v) is 9.73. The molecule has 27 heavy (non-hydrogen) atoms. The molecule has 0 saturated carbocycles. The molecule has 2 aromatic rings. The van der Waals surface area contributed by atoms with Crippen LogP contribution in [0.1, 0.15) is 55.9 Å². The normalized spacial score (nSPS) is 23.0. The maximum Gasteiger partial charge on any atom is 0.241 e. The molecule has 2 heterocycles. The lowest BCUT2D eigenvalue weighted by Gasteiger charge is -2.40. The van der Waals surface area contributed by atoms with E-state index in [0.29, 0.717) is 12.5 Å². The van der Waals surface area contributed by atoms with Crippen LogP contribution in [0.25, 0.3) is 6.08 Å². The van der Waals surface area contributed by atoms with Crippen LogP contribution in [0.4, 0.5) is 5.69 Å². The lowest BCUT2D eigenvalue weighted by atomic mass is 9.75. The summed E-state index contributed by atoms with van der Waals surface area (Å²) in [7, 11) is 0. The molecule has 0 radical (unpaired) electrons. The largest absolute Gasteiger partial charge is 0.335 e. The summed E-state index contributed by atoms with van der Waals surface area (Å²) in [5.74, 6) is 0.604. The van der Waals surface area contributed by atoms with E-state index in [4.69, 9.17) is 0 Å². The Balaban J connectivity index is 1.76. The zero-order valence-electron chi connectivity index (χ0n) is 16.8. The minimum atomic E-state index is -0.531. The molecule has 1 saturated heterocycles. The number of fused-ring (bicyclic) bond motifs is 3. The average Bonchev–Trinajstić information content (AvgIpc) is 3.05. The summed E-state index contributed by atoms with van der Waals surface area (Å²) in [6, 6.07) is 15.2. The molecule has 140 valence electrons. The molecular formula is C24H28N2O. The summed E-state index contributed by atoms with van der Waals surface area (Å²) in [4.78, 5) is 14.6. The first-order valence-electron chi connectivity index (χ1n) is 9.73. The third-order valence-corrected chi connectivity index (χ3v) is 6.25. The summed E-state index contributed by atoms with van der Waals surface area (Å²) >= 11 is 0. The van der Waals surface area contributed by atoms with Gasteiger partial charge in [-0.1, -0.05) is 75.7 Å². The molecule has 1 fully saturated rings. The van der Waals surface area contributed by atoms with E-state index in [1.165, 1.54) is 16.7 Å². The number of rotatable bonds is 3. The van der Waals surface area contributed by atoms with Crippen LogP contribution in [0, 0.1) is 6.92 Å². The average molecular weight is 361 g/mol. The van der Waals surface area contributed by atoms with E-state index < -0.39 is 5.66 Å². The second-order valence-electron chi connectivity index (χ2n) is 8.70. The lowest BCUT2D eigenvalue weighted by molar-refractivity contribution is -0.118.